The molecule has 3 aromatic rings. The normalized spacial score (nSPS) is 11.0. The van der Waals surface area contributed by atoms with Gasteiger partial charge in [-0.3, -0.25) is 0 Å². The van der Waals surface area contributed by atoms with Crippen LogP contribution in [0.3, 0.4) is 0 Å². The zero-order valence-electron chi connectivity index (χ0n) is 13.0. The van der Waals surface area contributed by atoms with Gasteiger partial charge in [0, 0.05) is 42.5 Å². The standard InChI is InChI=1S/C17H19N3O2/c1-4-22-17(21)12-5-6-14-13(9-12)11(2)15(20(14)3)10-16-18-7-8-19-16/h5-9H,4,10H2,1-3H3,(H,18,19). The smallest absolute Gasteiger partial charge is 0.338 e. The van der Waals surface area contributed by atoms with Crippen molar-refractivity contribution in [2.24, 2.45) is 7.05 Å². The molecule has 0 unspecified atom stereocenters. The number of aromatic amines is 1. The Hall–Kier alpha value is -2.56. The van der Waals surface area contributed by atoms with Crippen LogP contribution in [0.5, 0.6) is 0 Å². The predicted molar refractivity (Wildman–Crippen MR) is 85.0 cm³/mol. The number of hydrogen-bond donors (Lipinski definition) is 1. The van der Waals surface area contributed by atoms with E-state index in [2.05, 4.69) is 21.5 Å². The maximum atomic E-state index is 11.9. The minimum absolute atomic E-state index is 0.278. The Morgan fingerprint density at radius 1 is 1.41 bits per heavy atom. The van der Waals surface area contributed by atoms with Crippen LogP contribution in [0.1, 0.15) is 34.4 Å². The fourth-order valence-corrected chi connectivity index (χ4v) is 2.83. The van der Waals surface area contributed by atoms with Crippen molar-refractivity contribution in [3.8, 4) is 0 Å². The number of nitrogens with zero attached hydrogens (tertiary/aromatic N) is 2. The third-order valence-electron chi connectivity index (χ3n) is 4.00. The third kappa shape index (κ3) is 2.39. The van der Waals surface area contributed by atoms with Gasteiger partial charge in [-0.2, -0.15) is 0 Å². The second-order valence-electron chi connectivity index (χ2n) is 5.30. The zero-order chi connectivity index (χ0) is 15.7. The number of imidazole rings is 1. The summed E-state index contributed by atoms with van der Waals surface area (Å²) in [4.78, 5) is 19.3. The maximum absolute atomic E-state index is 11.9. The van der Waals surface area contributed by atoms with Crippen molar-refractivity contribution in [1.82, 2.24) is 14.5 Å². The maximum Gasteiger partial charge on any atom is 0.338 e. The molecule has 5 nitrogen and oxygen atoms in total. The van der Waals surface area contributed by atoms with Gasteiger partial charge in [0.05, 0.1) is 12.2 Å². The Kier molecular flexibility index (Phi) is 3.71. The lowest BCUT2D eigenvalue weighted by molar-refractivity contribution is 0.0526. The molecule has 0 atom stereocenters. The molecule has 22 heavy (non-hydrogen) atoms. The van der Waals surface area contributed by atoms with E-state index >= 15 is 0 Å². The summed E-state index contributed by atoms with van der Waals surface area (Å²) in [6, 6.07) is 5.70. The van der Waals surface area contributed by atoms with Crippen LogP contribution >= 0.6 is 0 Å². The minimum Gasteiger partial charge on any atom is -0.462 e. The van der Waals surface area contributed by atoms with Crippen molar-refractivity contribution in [1.29, 1.82) is 0 Å². The van der Waals surface area contributed by atoms with E-state index in [0.29, 0.717) is 12.2 Å². The quantitative estimate of drug-likeness (QED) is 0.753. The molecule has 0 aliphatic carbocycles. The monoisotopic (exact) mass is 297 g/mol. The molecule has 0 spiro atoms. The Morgan fingerprint density at radius 2 is 2.23 bits per heavy atom. The second-order valence-corrected chi connectivity index (χ2v) is 5.30. The first-order chi connectivity index (χ1) is 10.6. The lowest BCUT2D eigenvalue weighted by Gasteiger charge is -2.04. The lowest BCUT2D eigenvalue weighted by Crippen LogP contribution is -2.04. The number of ether oxygens (including phenoxy) is 1. The minimum atomic E-state index is -0.278. The van der Waals surface area contributed by atoms with Gasteiger partial charge in [0.15, 0.2) is 0 Å². The average molecular weight is 297 g/mol. The predicted octanol–water partition coefficient (Wildman–Crippen LogP) is 2.98. The molecule has 0 aliphatic heterocycles. The summed E-state index contributed by atoms with van der Waals surface area (Å²) < 4.78 is 7.23. The van der Waals surface area contributed by atoms with E-state index in [0.717, 1.165) is 23.1 Å². The van der Waals surface area contributed by atoms with Gasteiger partial charge >= 0.3 is 5.97 Å². The van der Waals surface area contributed by atoms with Crippen LogP contribution in [-0.2, 0) is 18.2 Å². The first-order valence-electron chi connectivity index (χ1n) is 7.35. The summed E-state index contributed by atoms with van der Waals surface area (Å²) in [7, 11) is 2.04. The number of hydrogen-bond acceptors (Lipinski definition) is 3. The summed E-state index contributed by atoms with van der Waals surface area (Å²) in [6.45, 7) is 4.27. The summed E-state index contributed by atoms with van der Waals surface area (Å²) in [5, 5.41) is 1.08. The number of fused-ring (bicyclic) bond motifs is 1. The van der Waals surface area contributed by atoms with Gasteiger partial charge in [-0.15, -0.1) is 0 Å². The number of nitrogens with one attached hydrogen (secondary N) is 1. The average Bonchev–Trinajstić information content (AvgIpc) is 3.11. The molecular formula is C17H19N3O2. The Labute approximate surface area is 128 Å². The fraction of sp³-hybridized carbons (Fsp3) is 0.294. The fourth-order valence-electron chi connectivity index (χ4n) is 2.83. The van der Waals surface area contributed by atoms with Crippen LogP contribution in [-0.4, -0.2) is 27.1 Å². The van der Waals surface area contributed by atoms with E-state index < -0.39 is 0 Å². The highest BCUT2D eigenvalue weighted by Crippen LogP contribution is 2.27. The van der Waals surface area contributed by atoms with Crippen molar-refractivity contribution in [2.45, 2.75) is 20.3 Å². The van der Waals surface area contributed by atoms with Crippen LogP contribution in [0, 0.1) is 6.92 Å². The number of esters is 1. The highest BCUT2D eigenvalue weighted by Gasteiger charge is 2.15. The molecule has 1 aromatic carbocycles. The number of aryl methyl sites for hydroxylation is 2. The van der Waals surface area contributed by atoms with Crippen molar-refractivity contribution < 1.29 is 9.53 Å². The number of rotatable bonds is 4. The molecule has 0 fully saturated rings. The molecule has 0 radical (unpaired) electrons. The number of benzene rings is 1. The van der Waals surface area contributed by atoms with E-state index in [1.165, 1.54) is 11.3 Å². The Morgan fingerprint density at radius 3 is 2.91 bits per heavy atom. The molecule has 3 rings (SSSR count). The van der Waals surface area contributed by atoms with Gasteiger partial charge in [0.25, 0.3) is 0 Å². The van der Waals surface area contributed by atoms with E-state index in [9.17, 15) is 4.79 Å². The van der Waals surface area contributed by atoms with E-state index in [1.807, 2.05) is 38.4 Å². The summed E-state index contributed by atoms with van der Waals surface area (Å²) in [6.07, 6.45) is 4.32. The zero-order valence-corrected chi connectivity index (χ0v) is 13.0. The third-order valence-corrected chi connectivity index (χ3v) is 4.00. The van der Waals surface area contributed by atoms with Gasteiger partial charge in [0.2, 0.25) is 0 Å². The Balaban J connectivity index is 2.06. The number of aromatic nitrogens is 3. The highest BCUT2D eigenvalue weighted by atomic mass is 16.5. The van der Waals surface area contributed by atoms with Crippen LogP contribution in [0.25, 0.3) is 10.9 Å². The molecule has 5 heteroatoms. The van der Waals surface area contributed by atoms with Crippen molar-refractivity contribution in [2.75, 3.05) is 6.61 Å². The molecule has 1 N–H and O–H groups in total. The van der Waals surface area contributed by atoms with Crippen molar-refractivity contribution in [3.63, 3.8) is 0 Å². The molecule has 0 amide bonds. The molecule has 0 saturated heterocycles. The van der Waals surface area contributed by atoms with Crippen LogP contribution in [0.4, 0.5) is 0 Å². The van der Waals surface area contributed by atoms with E-state index in [4.69, 9.17) is 4.74 Å². The topological polar surface area (TPSA) is 59.9 Å². The van der Waals surface area contributed by atoms with Gasteiger partial charge in [-0.25, -0.2) is 9.78 Å². The summed E-state index contributed by atoms with van der Waals surface area (Å²) in [5.74, 6) is 0.653. The van der Waals surface area contributed by atoms with Crippen LogP contribution < -0.4 is 0 Å². The SMILES string of the molecule is CCOC(=O)c1ccc2c(c1)c(C)c(Cc1ncc[nH]1)n2C. The number of carbonyl (C=O) groups excluding carboxylic acids is 1. The summed E-state index contributed by atoms with van der Waals surface area (Å²) in [5.41, 5.74) is 4.05. The molecule has 2 heterocycles. The molecule has 114 valence electrons. The van der Waals surface area contributed by atoms with Gasteiger partial charge in [0.1, 0.15) is 5.82 Å². The summed E-state index contributed by atoms with van der Waals surface area (Å²) >= 11 is 0. The number of carbonyl (C=O) groups is 1. The van der Waals surface area contributed by atoms with Gasteiger partial charge in [-0.1, -0.05) is 0 Å². The van der Waals surface area contributed by atoms with Crippen molar-refractivity contribution >= 4 is 16.9 Å². The second kappa shape index (κ2) is 5.67. The van der Waals surface area contributed by atoms with E-state index in [-0.39, 0.29) is 5.97 Å². The number of H-pyrrole nitrogens is 1. The largest absolute Gasteiger partial charge is 0.462 e. The molecule has 0 saturated carbocycles. The van der Waals surface area contributed by atoms with Crippen LogP contribution in [0.2, 0.25) is 0 Å². The molecule has 0 bridgehead atoms. The highest BCUT2D eigenvalue weighted by molar-refractivity contribution is 5.96. The Bertz CT molecular complexity index is 816. The molecular weight excluding hydrogens is 278 g/mol. The lowest BCUT2D eigenvalue weighted by atomic mass is 10.1. The van der Waals surface area contributed by atoms with E-state index in [1.54, 1.807) is 6.20 Å². The van der Waals surface area contributed by atoms with Crippen molar-refractivity contribution in [3.05, 3.63) is 53.2 Å². The first kappa shape index (κ1) is 14.4. The molecule has 0 aliphatic rings. The van der Waals surface area contributed by atoms with Crippen LogP contribution in [0.15, 0.2) is 30.6 Å². The van der Waals surface area contributed by atoms with Gasteiger partial charge < -0.3 is 14.3 Å². The first-order valence-corrected chi connectivity index (χ1v) is 7.35. The van der Waals surface area contributed by atoms with Gasteiger partial charge in [-0.05, 0) is 37.6 Å². The molecule has 2 aromatic heterocycles.